The molecule has 0 aliphatic carbocycles. The number of carbonyl (C=O) groups excluding carboxylic acids is 3. The molecule has 444 valence electrons. The molecular formula is C67H123NO8. The number of carboxylic acids is 1. The van der Waals surface area contributed by atoms with Crippen LogP contribution in [0.3, 0.4) is 0 Å². The highest BCUT2D eigenvalue weighted by atomic mass is 16.7. The summed E-state index contributed by atoms with van der Waals surface area (Å²) in [4.78, 5) is 37.4. The minimum Gasteiger partial charge on any atom is -0.545 e. The van der Waals surface area contributed by atoms with E-state index in [1.165, 1.54) is 199 Å². The van der Waals surface area contributed by atoms with Crippen molar-refractivity contribution in [1.82, 2.24) is 0 Å². The van der Waals surface area contributed by atoms with E-state index in [4.69, 9.17) is 18.9 Å². The third-order valence-electron chi connectivity index (χ3n) is 14.3. The van der Waals surface area contributed by atoms with Crippen LogP contribution in [0.2, 0.25) is 0 Å². The van der Waals surface area contributed by atoms with Gasteiger partial charge < -0.3 is 33.3 Å². The van der Waals surface area contributed by atoms with Gasteiger partial charge in [-0.25, -0.2) is 0 Å². The number of hydrogen-bond acceptors (Lipinski definition) is 8. The summed E-state index contributed by atoms with van der Waals surface area (Å²) < 4.78 is 22.8. The SMILES string of the molecule is CC/C=C\C/C=C\C/C=C\C/C=C\CCCCCCCCCCCCC(=O)OC(COC(=O)CCCCCCCCCCCCCCCCCCCCCCCCCCCCCC)COC(OCC[N+](C)(C)C)C(=O)[O-]. The molecule has 0 spiro atoms. The van der Waals surface area contributed by atoms with Gasteiger partial charge in [0, 0.05) is 12.8 Å². The summed E-state index contributed by atoms with van der Waals surface area (Å²) in [6.45, 7) is 4.68. The van der Waals surface area contributed by atoms with Crippen LogP contribution >= 0.6 is 0 Å². The molecule has 0 amide bonds. The predicted octanol–water partition coefficient (Wildman–Crippen LogP) is 18.1. The standard InChI is InChI=1S/C67H123NO8/c1-6-8-10-12-14-16-18-20-22-24-26-28-30-31-32-33-34-36-37-39-41-43-45-47-49-51-53-55-57-64(69)74-61-63(62-75-67(66(71)72)73-60-59-68(3,4)5)76-65(70)58-56-54-52-50-48-46-44-42-40-38-35-29-27-25-23-21-19-17-15-13-11-9-7-2/h9,11,15,17,21,23,27,29,63,67H,6-8,10,12-14,16,18-20,22,24-26,28,30-62H2,1-5H3/b11-9-,17-15-,23-21-,29-27-. The van der Waals surface area contributed by atoms with Crippen LogP contribution in [0.25, 0.3) is 0 Å². The highest BCUT2D eigenvalue weighted by Gasteiger charge is 2.22. The lowest BCUT2D eigenvalue weighted by Gasteiger charge is -2.26. The summed E-state index contributed by atoms with van der Waals surface area (Å²) in [5, 5.41) is 11.8. The van der Waals surface area contributed by atoms with Crippen molar-refractivity contribution >= 4 is 17.9 Å². The number of allylic oxidation sites excluding steroid dienone is 8. The van der Waals surface area contributed by atoms with E-state index in [1.807, 2.05) is 21.1 Å². The molecular weight excluding hydrogens is 947 g/mol. The van der Waals surface area contributed by atoms with Crippen LogP contribution in [0, 0.1) is 0 Å². The van der Waals surface area contributed by atoms with Gasteiger partial charge in [-0.15, -0.1) is 0 Å². The molecule has 0 aliphatic heterocycles. The number of hydrogen-bond donors (Lipinski definition) is 0. The number of likely N-dealkylation sites (N-methyl/N-ethyl adjacent to an activating group) is 1. The Hall–Kier alpha value is -2.75. The minimum atomic E-state index is -1.62. The second-order valence-electron chi connectivity index (χ2n) is 23.0. The molecule has 0 radical (unpaired) electrons. The van der Waals surface area contributed by atoms with Crippen LogP contribution in [0.4, 0.5) is 0 Å². The van der Waals surface area contributed by atoms with Crippen molar-refractivity contribution in [3.05, 3.63) is 48.6 Å². The van der Waals surface area contributed by atoms with E-state index in [1.54, 1.807) is 0 Å². The second kappa shape index (κ2) is 58.4. The van der Waals surface area contributed by atoms with Crippen molar-refractivity contribution in [2.45, 2.75) is 315 Å². The first kappa shape index (κ1) is 73.2. The molecule has 0 aromatic rings. The highest BCUT2D eigenvalue weighted by Crippen LogP contribution is 2.18. The Morgan fingerprint density at radius 2 is 0.750 bits per heavy atom. The zero-order valence-electron chi connectivity index (χ0n) is 50.6. The third kappa shape index (κ3) is 58.9. The molecule has 2 unspecified atom stereocenters. The van der Waals surface area contributed by atoms with Gasteiger partial charge in [-0.05, 0) is 51.4 Å². The van der Waals surface area contributed by atoms with E-state index in [-0.39, 0.29) is 32.2 Å². The number of esters is 2. The molecule has 9 nitrogen and oxygen atoms in total. The topological polar surface area (TPSA) is 111 Å². The number of carbonyl (C=O) groups is 3. The van der Waals surface area contributed by atoms with E-state index in [0.29, 0.717) is 23.9 Å². The summed E-state index contributed by atoms with van der Waals surface area (Å²) in [6, 6.07) is 0. The lowest BCUT2D eigenvalue weighted by molar-refractivity contribution is -0.870. The van der Waals surface area contributed by atoms with Gasteiger partial charge in [-0.1, -0.05) is 287 Å². The number of aliphatic carboxylic acids is 1. The number of carboxylic acid groups (broad SMARTS) is 1. The number of nitrogens with zero attached hydrogens (tertiary/aromatic N) is 1. The molecule has 0 saturated heterocycles. The third-order valence-corrected chi connectivity index (χ3v) is 14.3. The summed E-state index contributed by atoms with van der Waals surface area (Å²) >= 11 is 0. The molecule has 0 aromatic carbocycles. The van der Waals surface area contributed by atoms with Crippen molar-refractivity contribution in [1.29, 1.82) is 0 Å². The summed E-state index contributed by atoms with van der Waals surface area (Å²) in [6.07, 6.45) is 70.4. The first-order valence-electron chi connectivity index (χ1n) is 32.3. The van der Waals surface area contributed by atoms with E-state index < -0.39 is 24.3 Å². The fraction of sp³-hybridized carbons (Fsp3) is 0.836. The van der Waals surface area contributed by atoms with Gasteiger partial charge in [0.25, 0.3) is 0 Å². The van der Waals surface area contributed by atoms with Crippen LogP contribution in [-0.2, 0) is 33.3 Å². The lowest BCUT2D eigenvalue weighted by Crippen LogP contribution is -2.44. The zero-order chi connectivity index (χ0) is 55.5. The minimum absolute atomic E-state index is 0.147. The highest BCUT2D eigenvalue weighted by molar-refractivity contribution is 5.70. The average Bonchev–Trinajstić information content (AvgIpc) is 3.39. The maximum atomic E-state index is 12.9. The Labute approximate surface area is 470 Å². The average molecular weight is 1070 g/mol. The van der Waals surface area contributed by atoms with Crippen molar-refractivity contribution in [3.8, 4) is 0 Å². The fourth-order valence-corrected chi connectivity index (χ4v) is 9.41. The molecule has 9 heteroatoms. The summed E-state index contributed by atoms with van der Waals surface area (Å²) in [5.41, 5.74) is 0. The molecule has 0 rings (SSSR count). The largest absolute Gasteiger partial charge is 0.545 e. The molecule has 76 heavy (non-hydrogen) atoms. The van der Waals surface area contributed by atoms with Crippen molar-refractivity contribution in [2.24, 2.45) is 0 Å². The molecule has 0 saturated carbocycles. The molecule has 2 atom stereocenters. The lowest BCUT2D eigenvalue weighted by atomic mass is 10.0. The van der Waals surface area contributed by atoms with Gasteiger partial charge in [0.15, 0.2) is 12.4 Å². The van der Waals surface area contributed by atoms with E-state index in [2.05, 4.69) is 62.5 Å². The molecule has 0 N–H and O–H groups in total. The molecule has 0 aromatic heterocycles. The van der Waals surface area contributed by atoms with Gasteiger partial charge >= 0.3 is 11.9 Å². The summed E-state index contributed by atoms with van der Waals surface area (Å²) in [5.74, 6) is -2.27. The second-order valence-corrected chi connectivity index (χ2v) is 23.0. The number of quaternary nitrogens is 1. The predicted molar refractivity (Wildman–Crippen MR) is 320 cm³/mol. The number of ether oxygens (including phenoxy) is 4. The Balaban J connectivity index is 4.13. The van der Waals surface area contributed by atoms with E-state index in [9.17, 15) is 19.5 Å². The fourth-order valence-electron chi connectivity index (χ4n) is 9.41. The maximum absolute atomic E-state index is 12.9. The number of unbranched alkanes of at least 4 members (excludes halogenated alkanes) is 37. The van der Waals surface area contributed by atoms with Gasteiger partial charge in [0.05, 0.1) is 40.3 Å². The van der Waals surface area contributed by atoms with E-state index in [0.717, 1.165) is 70.6 Å². The van der Waals surface area contributed by atoms with Crippen LogP contribution in [-0.4, -0.2) is 82.3 Å². The molecule has 0 bridgehead atoms. The summed E-state index contributed by atoms with van der Waals surface area (Å²) in [7, 11) is 5.93. The van der Waals surface area contributed by atoms with Crippen molar-refractivity contribution in [2.75, 3.05) is 47.5 Å². The van der Waals surface area contributed by atoms with Gasteiger partial charge in [0.1, 0.15) is 13.2 Å². The Morgan fingerprint density at radius 3 is 1.12 bits per heavy atom. The van der Waals surface area contributed by atoms with Crippen molar-refractivity contribution < 1.29 is 42.9 Å². The Morgan fingerprint density at radius 1 is 0.408 bits per heavy atom. The van der Waals surface area contributed by atoms with Gasteiger partial charge in [-0.2, -0.15) is 0 Å². The quantitative estimate of drug-likeness (QED) is 0.0195. The first-order valence-corrected chi connectivity index (χ1v) is 32.3. The van der Waals surface area contributed by atoms with Crippen LogP contribution in [0.5, 0.6) is 0 Å². The smallest absolute Gasteiger partial charge is 0.306 e. The molecule has 0 fully saturated rings. The first-order chi connectivity index (χ1) is 37.1. The monoisotopic (exact) mass is 1070 g/mol. The number of rotatable bonds is 60. The maximum Gasteiger partial charge on any atom is 0.306 e. The van der Waals surface area contributed by atoms with Gasteiger partial charge in [0.2, 0.25) is 0 Å². The zero-order valence-corrected chi connectivity index (χ0v) is 50.6. The normalized spacial score (nSPS) is 13.0. The van der Waals surface area contributed by atoms with Crippen LogP contribution in [0.15, 0.2) is 48.6 Å². The van der Waals surface area contributed by atoms with Crippen LogP contribution < -0.4 is 5.11 Å². The van der Waals surface area contributed by atoms with Gasteiger partial charge in [-0.3, -0.25) is 9.59 Å². The van der Waals surface area contributed by atoms with Crippen molar-refractivity contribution in [3.63, 3.8) is 0 Å². The van der Waals surface area contributed by atoms with E-state index >= 15 is 0 Å². The molecule has 0 heterocycles. The molecule has 0 aliphatic rings. The Kier molecular flexibility index (Phi) is 56.3. The Bertz CT molecular complexity index is 1380. The van der Waals surface area contributed by atoms with Crippen LogP contribution in [0.1, 0.15) is 303 Å².